The van der Waals surface area contributed by atoms with Crippen LogP contribution in [-0.2, 0) is 6.42 Å². The summed E-state index contributed by atoms with van der Waals surface area (Å²) in [5.74, 6) is 0. The SMILES string of the molecule is CCc1ccc(-c2csc(N[C@@H](C)c3ccccc3)n2)cc1. The van der Waals surface area contributed by atoms with Crippen molar-refractivity contribution in [3.05, 3.63) is 71.1 Å². The lowest BCUT2D eigenvalue weighted by atomic mass is 10.1. The molecule has 1 atom stereocenters. The van der Waals surface area contributed by atoms with E-state index in [2.05, 4.69) is 73.1 Å². The summed E-state index contributed by atoms with van der Waals surface area (Å²) < 4.78 is 0. The number of nitrogens with zero attached hydrogens (tertiary/aromatic N) is 1. The van der Waals surface area contributed by atoms with Gasteiger partial charge in [-0.2, -0.15) is 0 Å². The second-order valence-corrected chi connectivity index (χ2v) is 6.22. The van der Waals surface area contributed by atoms with Crippen LogP contribution < -0.4 is 5.32 Å². The third-order valence-corrected chi connectivity index (χ3v) is 4.58. The Morgan fingerprint density at radius 3 is 2.45 bits per heavy atom. The molecule has 0 unspecified atom stereocenters. The van der Waals surface area contributed by atoms with Gasteiger partial charge in [-0.25, -0.2) is 4.98 Å². The van der Waals surface area contributed by atoms with E-state index in [1.165, 1.54) is 16.7 Å². The number of thiazole rings is 1. The molecule has 0 amide bonds. The standard InChI is InChI=1S/C19H20N2S/c1-3-15-9-11-17(12-10-15)18-13-22-19(21-18)20-14(2)16-7-5-4-6-8-16/h4-14H,3H2,1-2H3,(H,20,21)/t14-/m0/s1. The zero-order valence-electron chi connectivity index (χ0n) is 12.9. The van der Waals surface area contributed by atoms with Crippen LogP contribution in [0.4, 0.5) is 5.13 Å². The number of anilines is 1. The Labute approximate surface area is 135 Å². The van der Waals surface area contributed by atoms with Crippen molar-refractivity contribution < 1.29 is 0 Å². The zero-order valence-corrected chi connectivity index (χ0v) is 13.7. The van der Waals surface area contributed by atoms with Gasteiger partial charge in [0.1, 0.15) is 0 Å². The predicted molar refractivity (Wildman–Crippen MR) is 95.4 cm³/mol. The summed E-state index contributed by atoms with van der Waals surface area (Å²) in [5.41, 5.74) is 4.84. The van der Waals surface area contributed by atoms with E-state index in [0.717, 1.165) is 17.2 Å². The van der Waals surface area contributed by atoms with Crippen LogP contribution in [0, 0.1) is 0 Å². The summed E-state index contributed by atoms with van der Waals surface area (Å²) in [7, 11) is 0. The molecular formula is C19H20N2S. The van der Waals surface area contributed by atoms with Crippen LogP contribution in [0.15, 0.2) is 60.0 Å². The van der Waals surface area contributed by atoms with Crippen molar-refractivity contribution in [2.24, 2.45) is 0 Å². The molecule has 0 aliphatic rings. The van der Waals surface area contributed by atoms with E-state index in [4.69, 9.17) is 4.98 Å². The third-order valence-electron chi connectivity index (χ3n) is 3.80. The fraction of sp³-hybridized carbons (Fsp3) is 0.211. The maximum atomic E-state index is 4.71. The number of rotatable bonds is 5. The molecule has 0 spiro atoms. The molecule has 3 aromatic rings. The molecule has 0 fully saturated rings. The Balaban J connectivity index is 1.73. The van der Waals surface area contributed by atoms with E-state index >= 15 is 0 Å². The van der Waals surface area contributed by atoms with E-state index in [0.29, 0.717) is 0 Å². The Morgan fingerprint density at radius 2 is 1.77 bits per heavy atom. The van der Waals surface area contributed by atoms with Gasteiger partial charge in [0.2, 0.25) is 0 Å². The molecule has 22 heavy (non-hydrogen) atoms. The molecule has 3 heteroatoms. The van der Waals surface area contributed by atoms with Crippen LogP contribution in [0.2, 0.25) is 0 Å². The third kappa shape index (κ3) is 3.37. The summed E-state index contributed by atoms with van der Waals surface area (Å²) in [4.78, 5) is 4.71. The first-order chi connectivity index (χ1) is 10.8. The van der Waals surface area contributed by atoms with Crippen LogP contribution >= 0.6 is 11.3 Å². The van der Waals surface area contributed by atoms with E-state index in [1.807, 2.05) is 6.07 Å². The van der Waals surface area contributed by atoms with Crippen LogP contribution in [0.5, 0.6) is 0 Å². The number of benzene rings is 2. The molecule has 0 radical (unpaired) electrons. The quantitative estimate of drug-likeness (QED) is 0.669. The minimum Gasteiger partial charge on any atom is -0.355 e. The van der Waals surface area contributed by atoms with Crippen LogP contribution in [0.1, 0.15) is 31.0 Å². The van der Waals surface area contributed by atoms with Gasteiger partial charge in [-0.1, -0.05) is 61.5 Å². The molecule has 0 saturated carbocycles. The fourth-order valence-corrected chi connectivity index (χ4v) is 3.20. The normalized spacial score (nSPS) is 12.1. The first-order valence-corrected chi connectivity index (χ1v) is 8.50. The van der Waals surface area contributed by atoms with Crippen molar-refractivity contribution >= 4 is 16.5 Å². The van der Waals surface area contributed by atoms with E-state index in [1.54, 1.807) is 11.3 Å². The predicted octanol–water partition coefficient (Wildman–Crippen LogP) is 5.55. The molecule has 0 aliphatic carbocycles. The largest absolute Gasteiger partial charge is 0.355 e. The Kier molecular flexibility index (Phi) is 4.54. The lowest BCUT2D eigenvalue weighted by Crippen LogP contribution is -2.05. The number of hydrogen-bond donors (Lipinski definition) is 1. The van der Waals surface area contributed by atoms with Gasteiger partial charge in [-0.15, -0.1) is 11.3 Å². The lowest BCUT2D eigenvalue weighted by molar-refractivity contribution is 0.882. The first-order valence-electron chi connectivity index (χ1n) is 7.62. The highest BCUT2D eigenvalue weighted by atomic mass is 32.1. The average molecular weight is 308 g/mol. The monoisotopic (exact) mass is 308 g/mol. The van der Waals surface area contributed by atoms with Crippen molar-refractivity contribution in [2.75, 3.05) is 5.32 Å². The Bertz CT molecular complexity index is 717. The minimum atomic E-state index is 0.252. The Hall–Kier alpha value is -2.13. The van der Waals surface area contributed by atoms with Crippen LogP contribution in [0.3, 0.4) is 0 Å². The number of hydrogen-bond acceptors (Lipinski definition) is 3. The van der Waals surface area contributed by atoms with Gasteiger partial charge in [0.05, 0.1) is 11.7 Å². The van der Waals surface area contributed by atoms with Gasteiger partial charge in [0, 0.05) is 10.9 Å². The van der Waals surface area contributed by atoms with Gasteiger partial charge in [0.15, 0.2) is 5.13 Å². The Morgan fingerprint density at radius 1 is 1.05 bits per heavy atom. The summed E-state index contributed by atoms with van der Waals surface area (Å²) in [6, 6.07) is 19.3. The lowest BCUT2D eigenvalue weighted by Gasteiger charge is -2.12. The van der Waals surface area contributed by atoms with Gasteiger partial charge in [0.25, 0.3) is 0 Å². The maximum absolute atomic E-state index is 4.71. The average Bonchev–Trinajstić information content (AvgIpc) is 3.04. The van der Waals surface area contributed by atoms with Crippen molar-refractivity contribution in [1.29, 1.82) is 0 Å². The smallest absolute Gasteiger partial charge is 0.183 e. The molecule has 2 nitrogen and oxygen atoms in total. The topological polar surface area (TPSA) is 24.9 Å². The van der Waals surface area contributed by atoms with E-state index in [9.17, 15) is 0 Å². The highest BCUT2D eigenvalue weighted by molar-refractivity contribution is 7.14. The highest BCUT2D eigenvalue weighted by Crippen LogP contribution is 2.27. The second kappa shape index (κ2) is 6.75. The summed E-state index contributed by atoms with van der Waals surface area (Å²) in [5, 5.41) is 6.55. The van der Waals surface area contributed by atoms with Crippen molar-refractivity contribution in [3.63, 3.8) is 0 Å². The molecule has 1 heterocycles. The molecule has 2 aromatic carbocycles. The molecule has 0 saturated heterocycles. The van der Waals surface area contributed by atoms with Crippen molar-refractivity contribution in [1.82, 2.24) is 4.98 Å². The van der Waals surface area contributed by atoms with Crippen LogP contribution in [0.25, 0.3) is 11.3 Å². The molecule has 0 bridgehead atoms. The van der Waals surface area contributed by atoms with Gasteiger partial charge in [-0.05, 0) is 24.5 Å². The molecule has 3 rings (SSSR count). The fourth-order valence-electron chi connectivity index (χ4n) is 2.39. The molecule has 1 aromatic heterocycles. The minimum absolute atomic E-state index is 0.252. The van der Waals surface area contributed by atoms with Gasteiger partial charge < -0.3 is 5.32 Å². The van der Waals surface area contributed by atoms with E-state index < -0.39 is 0 Å². The zero-order chi connectivity index (χ0) is 15.4. The molecule has 0 aliphatic heterocycles. The maximum Gasteiger partial charge on any atom is 0.183 e. The summed E-state index contributed by atoms with van der Waals surface area (Å²) in [6.45, 7) is 4.33. The summed E-state index contributed by atoms with van der Waals surface area (Å²) >= 11 is 1.66. The van der Waals surface area contributed by atoms with Crippen molar-refractivity contribution in [2.45, 2.75) is 26.3 Å². The van der Waals surface area contributed by atoms with Crippen LogP contribution in [-0.4, -0.2) is 4.98 Å². The van der Waals surface area contributed by atoms with Crippen molar-refractivity contribution in [3.8, 4) is 11.3 Å². The summed E-state index contributed by atoms with van der Waals surface area (Å²) in [6.07, 6.45) is 1.07. The van der Waals surface area contributed by atoms with Gasteiger partial charge in [-0.3, -0.25) is 0 Å². The number of nitrogens with one attached hydrogen (secondary N) is 1. The first kappa shape index (κ1) is 14.8. The number of aryl methyl sites for hydroxylation is 1. The number of aromatic nitrogens is 1. The second-order valence-electron chi connectivity index (χ2n) is 5.37. The molecule has 112 valence electrons. The molecular weight excluding hydrogens is 288 g/mol. The highest BCUT2D eigenvalue weighted by Gasteiger charge is 2.09. The molecule has 1 N–H and O–H groups in total. The van der Waals surface area contributed by atoms with Gasteiger partial charge >= 0.3 is 0 Å². The van der Waals surface area contributed by atoms with E-state index in [-0.39, 0.29) is 6.04 Å².